The fourth-order valence-electron chi connectivity index (χ4n) is 3.11. The highest BCUT2D eigenvalue weighted by Crippen LogP contribution is 2.40. The molecule has 128 valence electrons. The average Bonchev–Trinajstić information content (AvgIpc) is 3.34. The van der Waals surface area contributed by atoms with Gasteiger partial charge in [-0.2, -0.15) is 0 Å². The zero-order valence-corrected chi connectivity index (χ0v) is 15.2. The number of nitrogens with zero attached hydrogens (tertiary/aromatic N) is 4. The maximum absolute atomic E-state index is 12.1. The van der Waals surface area contributed by atoms with Crippen molar-refractivity contribution in [3.05, 3.63) is 16.3 Å². The van der Waals surface area contributed by atoms with Gasteiger partial charge in [0.2, 0.25) is 5.91 Å². The summed E-state index contributed by atoms with van der Waals surface area (Å²) in [6, 6.07) is 0.566. The van der Waals surface area contributed by atoms with E-state index in [-0.39, 0.29) is 12.3 Å². The summed E-state index contributed by atoms with van der Waals surface area (Å²) in [5, 5.41) is 1.17. The van der Waals surface area contributed by atoms with Gasteiger partial charge in [0, 0.05) is 32.1 Å². The largest absolute Gasteiger partial charge is 0.376 e. The number of hydrogen-bond donors (Lipinski definition) is 0. The van der Waals surface area contributed by atoms with Crippen LogP contribution in [0.1, 0.15) is 29.1 Å². The summed E-state index contributed by atoms with van der Waals surface area (Å²) < 4.78 is 5.60. The first-order chi connectivity index (χ1) is 11.5. The topological polar surface area (TPSA) is 58.6 Å². The molecule has 0 N–H and O–H groups in total. The van der Waals surface area contributed by atoms with E-state index in [1.807, 2.05) is 0 Å². The lowest BCUT2D eigenvalue weighted by Gasteiger charge is -2.21. The molecule has 0 saturated heterocycles. The molecule has 1 amide bonds. The maximum atomic E-state index is 12.1. The van der Waals surface area contributed by atoms with E-state index >= 15 is 0 Å². The van der Waals surface area contributed by atoms with Crippen molar-refractivity contribution in [1.29, 1.82) is 0 Å². The van der Waals surface area contributed by atoms with Crippen LogP contribution in [0.15, 0.2) is 0 Å². The number of ether oxygens (including phenoxy) is 1. The van der Waals surface area contributed by atoms with Crippen molar-refractivity contribution in [2.24, 2.45) is 0 Å². The molecule has 7 heteroatoms. The van der Waals surface area contributed by atoms with Gasteiger partial charge in [0.25, 0.3) is 0 Å². The molecular weight excluding hydrogens is 324 g/mol. The van der Waals surface area contributed by atoms with Gasteiger partial charge in [-0.1, -0.05) is 0 Å². The number of aromatic nitrogens is 2. The molecule has 3 heterocycles. The SMILES string of the molecule is CN(C)C(=O)Cc1nc(N(C)C2CC2)c2c3c(sc2n1)COCC3. The second kappa shape index (κ2) is 5.97. The van der Waals surface area contributed by atoms with Crippen LogP contribution >= 0.6 is 11.3 Å². The van der Waals surface area contributed by atoms with Gasteiger partial charge in [-0.15, -0.1) is 11.3 Å². The predicted molar refractivity (Wildman–Crippen MR) is 94.6 cm³/mol. The van der Waals surface area contributed by atoms with Crippen molar-refractivity contribution in [3.8, 4) is 0 Å². The molecule has 1 aliphatic heterocycles. The minimum atomic E-state index is 0.0269. The highest BCUT2D eigenvalue weighted by Gasteiger charge is 2.31. The Morgan fingerprint density at radius 1 is 1.29 bits per heavy atom. The number of fused-ring (bicyclic) bond motifs is 3. The number of amides is 1. The zero-order chi connectivity index (χ0) is 16.8. The molecule has 1 aliphatic carbocycles. The van der Waals surface area contributed by atoms with Crippen molar-refractivity contribution < 1.29 is 9.53 Å². The first-order valence-electron chi connectivity index (χ1n) is 8.36. The summed E-state index contributed by atoms with van der Waals surface area (Å²) in [4.78, 5) is 27.7. The van der Waals surface area contributed by atoms with Crippen LogP contribution in [0.3, 0.4) is 0 Å². The highest BCUT2D eigenvalue weighted by molar-refractivity contribution is 7.18. The predicted octanol–water partition coefficient (Wildman–Crippen LogP) is 1.99. The number of thiophene rings is 1. The van der Waals surface area contributed by atoms with Crippen LogP contribution < -0.4 is 4.90 Å². The minimum Gasteiger partial charge on any atom is -0.376 e. The highest BCUT2D eigenvalue weighted by atomic mass is 32.1. The van der Waals surface area contributed by atoms with E-state index in [2.05, 4.69) is 11.9 Å². The first kappa shape index (κ1) is 15.8. The van der Waals surface area contributed by atoms with Gasteiger partial charge in [-0.05, 0) is 24.8 Å². The van der Waals surface area contributed by atoms with E-state index in [1.54, 1.807) is 30.3 Å². The van der Waals surface area contributed by atoms with Gasteiger partial charge in [-0.25, -0.2) is 9.97 Å². The number of carbonyl (C=O) groups is 1. The van der Waals surface area contributed by atoms with E-state index in [0.717, 1.165) is 23.7 Å². The minimum absolute atomic E-state index is 0.0269. The Morgan fingerprint density at radius 2 is 2.08 bits per heavy atom. The van der Waals surface area contributed by atoms with Gasteiger partial charge < -0.3 is 14.5 Å². The molecule has 4 rings (SSSR count). The van der Waals surface area contributed by atoms with Crippen LogP contribution in [0.2, 0.25) is 0 Å². The Hall–Kier alpha value is -1.73. The zero-order valence-electron chi connectivity index (χ0n) is 14.3. The van der Waals surface area contributed by atoms with Crippen LogP contribution in [-0.2, 0) is 29.0 Å². The fourth-order valence-corrected chi connectivity index (χ4v) is 4.28. The normalized spacial score (nSPS) is 17.0. The molecule has 2 aliphatic rings. The fraction of sp³-hybridized carbons (Fsp3) is 0.588. The van der Waals surface area contributed by atoms with Crippen LogP contribution in [0.4, 0.5) is 5.82 Å². The summed E-state index contributed by atoms with van der Waals surface area (Å²) in [6.45, 7) is 1.42. The summed E-state index contributed by atoms with van der Waals surface area (Å²) in [5.41, 5.74) is 1.34. The molecule has 2 aromatic heterocycles. The molecule has 0 unspecified atom stereocenters. The van der Waals surface area contributed by atoms with Gasteiger partial charge in [0.05, 0.1) is 25.0 Å². The van der Waals surface area contributed by atoms with E-state index in [4.69, 9.17) is 14.7 Å². The molecule has 0 radical (unpaired) electrons. The Bertz CT molecular complexity index is 797. The third-order valence-electron chi connectivity index (χ3n) is 4.73. The molecule has 24 heavy (non-hydrogen) atoms. The lowest BCUT2D eigenvalue weighted by molar-refractivity contribution is -0.128. The van der Waals surface area contributed by atoms with E-state index in [1.165, 1.54) is 28.7 Å². The van der Waals surface area contributed by atoms with E-state index in [9.17, 15) is 4.79 Å². The summed E-state index contributed by atoms with van der Waals surface area (Å²) in [6.07, 6.45) is 3.58. The lowest BCUT2D eigenvalue weighted by atomic mass is 10.1. The number of hydrogen-bond acceptors (Lipinski definition) is 6. The second-order valence-electron chi connectivity index (χ2n) is 6.76. The standard InChI is InChI=1S/C17H22N4O2S/c1-20(2)14(22)8-13-18-16(21(3)10-4-5-10)15-11-6-7-23-9-12(11)24-17(15)19-13/h10H,4-9H2,1-3H3. The first-order valence-corrected chi connectivity index (χ1v) is 9.18. The van der Waals surface area contributed by atoms with Crippen molar-refractivity contribution in [3.63, 3.8) is 0 Å². The van der Waals surface area contributed by atoms with Gasteiger partial charge in [0.15, 0.2) is 0 Å². The Labute approximate surface area is 145 Å². The quantitative estimate of drug-likeness (QED) is 0.847. The molecular formula is C17H22N4O2S. The monoisotopic (exact) mass is 346 g/mol. The Balaban J connectivity index is 1.83. The van der Waals surface area contributed by atoms with Crippen molar-refractivity contribution >= 4 is 33.3 Å². The summed E-state index contributed by atoms with van der Waals surface area (Å²) in [7, 11) is 5.64. The van der Waals surface area contributed by atoms with Crippen molar-refractivity contribution in [2.45, 2.75) is 38.3 Å². The van der Waals surface area contributed by atoms with Gasteiger partial charge in [-0.3, -0.25) is 4.79 Å². The summed E-state index contributed by atoms with van der Waals surface area (Å²) >= 11 is 1.69. The number of likely N-dealkylation sites (N-methyl/N-ethyl adjacent to an activating group) is 1. The molecule has 1 saturated carbocycles. The molecule has 0 aromatic carbocycles. The Kier molecular flexibility index (Phi) is 3.92. The maximum Gasteiger partial charge on any atom is 0.229 e. The van der Waals surface area contributed by atoms with Gasteiger partial charge >= 0.3 is 0 Å². The third kappa shape index (κ3) is 2.75. The second-order valence-corrected chi connectivity index (χ2v) is 7.84. The molecule has 1 fully saturated rings. The number of rotatable bonds is 4. The number of anilines is 1. The van der Waals surface area contributed by atoms with Crippen LogP contribution in [0.25, 0.3) is 10.2 Å². The molecule has 6 nitrogen and oxygen atoms in total. The van der Waals surface area contributed by atoms with Crippen LogP contribution in [-0.4, -0.2) is 54.6 Å². The molecule has 2 aromatic rings. The van der Waals surface area contributed by atoms with Crippen molar-refractivity contribution in [1.82, 2.24) is 14.9 Å². The summed E-state index contributed by atoms with van der Waals surface area (Å²) in [5.74, 6) is 1.63. The lowest BCUT2D eigenvalue weighted by Crippen LogP contribution is -2.26. The molecule has 0 bridgehead atoms. The van der Waals surface area contributed by atoms with E-state index < -0.39 is 0 Å². The van der Waals surface area contributed by atoms with Crippen molar-refractivity contribution in [2.75, 3.05) is 32.6 Å². The van der Waals surface area contributed by atoms with Crippen LogP contribution in [0, 0.1) is 0 Å². The Morgan fingerprint density at radius 3 is 2.79 bits per heavy atom. The molecule has 0 spiro atoms. The van der Waals surface area contributed by atoms with E-state index in [0.29, 0.717) is 18.5 Å². The number of carbonyl (C=O) groups excluding carboxylic acids is 1. The smallest absolute Gasteiger partial charge is 0.229 e. The average molecular weight is 346 g/mol. The van der Waals surface area contributed by atoms with Crippen LogP contribution in [0.5, 0.6) is 0 Å². The van der Waals surface area contributed by atoms with Gasteiger partial charge in [0.1, 0.15) is 16.5 Å². The third-order valence-corrected chi connectivity index (χ3v) is 5.83. The molecule has 0 atom stereocenters.